The molecular formula is C27H43O9P. The number of aliphatic hydroxyl groups excluding tert-OH is 1. The first-order valence-electron chi connectivity index (χ1n) is 13.6. The van der Waals surface area contributed by atoms with E-state index in [-0.39, 0.29) is 24.0 Å². The van der Waals surface area contributed by atoms with Crippen LogP contribution < -0.4 is 0 Å². The number of fused-ring (bicyclic) bond motifs is 6. The summed E-state index contributed by atoms with van der Waals surface area (Å²) in [6.07, 6.45) is 2.77. The topological polar surface area (TPSA) is 154 Å². The third-order valence-corrected chi connectivity index (χ3v) is 12.1. The van der Waals surface area contributed by atoms with Crippen LogP contribution in [0.2, 0.25) is 0 Å². The molecule has 4 fully saturated rings. The molecule has 0 aromatic carbocycles. The highest BCUT2D eigenvalue weighted by Crippen LogP contribution is 2.70. The number of hydrogen-bond acceptors (Lipinski definition) is 8. The average molecular weight is 543 g/mol. The Bertz CT molecular complexity index is 1050. The molecular weight excluding hydrogens is 499 g/mol. The van der Waals surface area contributed by atoms with Crippen molar-refractivity contribution in [3.05, 3.63) is 11.6 Å². The summed E-state index contributed by atoms with van der Waals surface area (Å²) in [4.78, 5) is 23.4. The molecule has 3 saturated carbocycles. The van der Waals surface area contributed by atoms with E-state index in [1.165, 1.54) is 0 Å². The fourth-order valence-electron chi connectivity index (χ4n) is 8.87. The van der Waals surface area contributed by atoms with Crippen molar-refractivity contribution in [2.24, 2.45) is 28.6 Å². The second kappa shape index (κ2) is 8.43. The number of allylic oxidation sites excluding steroid dienone is 1. The fraction of sp³-hybridized carbons (Fsp3) is 0.889. The molecule has 5 rings (SSSR count). The molecule has 0 bridgehead atoms. The Morgan fingerprint density at radius 1 is 1.11 bits per heavy atom. The van der Waals surface area contributed by atoms with Gasteiger partial charge in [0.25, 0.3) is 0 Å². The highest BCUT2D eigenvalue weighted by Gasteiger charge is 2.69. The molecule has 11 atom stereocenters. The van der Waals surface area contributed by atoms with Crippen LogP contribution in [0.3, 0.4) is 0 Å². The maximum Gasteiger partial charge on any atom is 0.472 e. The Labute approximate surface area is 218 Å². The lowest BCUT2D eigenvalue weighted by Gasteiger charge is -2.60. The summed E-state index contributed by atoms with van der Waals surface area (Å²) in [7, 11) is -4.13. The van der Waals surface area contributed by atoms with Gasteiger partial charge in [0.1, 0.15) is 0 Å². The number of rotatable bonds is 5. The minimum absolute atomic E-state index is 0.103. The normalized spacial score (nSPS) is 49.8. The third kappa shape index (κ3) is 4.15. The van der Waals surface area contributed by atoms with Crippen LogP contribution in [0, 0.1) is 28.6 Å². The third-order valence-electron chi connectivity index (χ3n) is 11.0. The predicted molar refractivity (Wildman–Crippen MR) is 134 cm³/mol. The Morgan fingerprint density at radius 3 is 2.41 bits per heavy atom. The monoisotopic (exact) mass is 542 g/mol. The highest BCUT2D eigenvalue weighted by atomic mass is 31.2. The van der Waals surface area contributed by atoms with Crippen LogP contribution in [0.15, 0.2) is 11.6 Å². The van der Waals surface area contributed by atoms with Gasteiger partial charge in [0.15, 0.2) is 5.78 Å². The molecule has 5 aliphatic rings. The molecule has 1 saturated heterocycles. The Balaban J connectivity index is 1.45. The van der Waals surface area contributed by atoms with E-state index in [1.807, 2.05) is 13.8 Å². The summed E-state index contributed by atoms with van der Waals surface area (Å²) in [5.74, 6) is -1.01. The fourth-order valence-corrected chi connectivity index (χ4v) is 10.0. The zero-order chi connectivity index (χ0) is 27.4. The van der Waals surface area contributed by atoms with Crippen LogP contribution in [0.25, 0.3) is 0 Å². The van der Waals surface area contributed by atoms with Gasteiger partial charge in [-0.3, -0.25) is 13.8 Å². The highest BCUT2D eigenvalue weighted by molar-refractivity contribution is 7.47. The van der Waals surface area contributed by atoms with Crippen molar-refractivity contribution in [1.29, 1.82) is 0 Å². The number of carbonyl (C=O) groups is 1. The average Bonchev–Trinajstić information content (AvgIpc) is 3.21. The van der Waals surface area contributed by atoms with Crippen LogP contribution in [0.4, 0.5) is 0 Å². The Hall–Kier alpha value is -0.640. The summed E-state index contributed by atoms with van der Waals surface area (Å²) in [6.45, 7) is 8.95. The van der Waals surface area contributed by atoms with Gasteiger partial charge < -0.3 is 25.3 Å². The molecule has 0 aromatic rings. The van der Waals surface area contributed by atoms with Gasteiger partial charge in [-0.15, -0.1) is 0 Å². The molecule has 0 aromatic heterocycles. The van der Waals surface area contributed by atoms with Gasteiger partial charge in [-0.1, -0.05) is 13.8 Å². The van der Waals surface area contributed by atoms with Crippen LogP contribution in [0.5, 0.6) is 0 Å². The van der Waals surface area contributed by atoms with Crippen molar-refractivity contribution in [2.75, 3.05) is 0 Å². The second-order valence-electron chi connectivity index (χ2n) is 13.8. The van der Waals surface area contributed by atoms with Crippen LogP contribution in [-0.2, 0) is 18.4 Å². The molecule has 0 radical (unpaired) electrons. The van der Waals surface area contributed by atoms with Gasteiger partial charge in [0.05, 0.1) is 35.1 Å². The summed E-state index contributed by atoms with van der Waals surface area (Å²) >= 11 is 0. The van der Waals surface area contributed by atoms with E-state index < -0.39 is 59.7 Å². The van der Waals surface area contributed by atoms with Crippen molar-refractivity contribution in [3.63, 3.8) is 0 Å². The van der Waals surface area contributed by atoms with E-state index in [2.05, 4.69) is 0 Å². The van der Waals surface area contributed by atoms with Gasteiger partial charge in [0.2, 0.25) is 0 Å². The van der Waals surface area contributed by atoms with Crippen molar-refractivity contribution in [2.45, 2.75) is 121 Å². The quantitative estimate of drug-likeness (QED) is 0.330. The van der Waals surface area contributed by atoms with E-state index in [1.54, 1.807) is 26.8 Å². The number of phosphoric ester groups is 1. The molecule has 9 nitrogen and oxygen atoms in total. The Morgan fingerprint density at radius 2 is 1.76 bits per heavy atom. The summed E-state index contributed by atoms with van der Waals surface area (Å²) in [5, 5.41) is 45.1. The molecule has 0 spiro atoms. The van der Waals surface area contributed by atoms with Crippen molar-refractivity contribution >= 4 is 13.6 Å². The lowest BCUT2D eigenvalue weighted by molar-refractivity contribution is -0.174. The predicted octanol–water partition coefficient (Wildman–Crippen LogP) is 3.02. The van der Waals surface area contributed by atoms with Crippen molar-refractivity contribution < 1.29 is 43.7 Å². The lowest BCUT2D eigenvalue weighted by Crippen LogP contribution is -2.62. The standard InChI is InChI=1S/C27H43O9P/c1-23(2,30)9-8-22(29)26(5,31)21-7-11-27(32)16-12-18(28)17-13-19-20(36-37(33,34)35-19)14-24(17,3)15(16)6-10-25(21,27)4/h12,15,17,19-22,29-32H,6-11,13-14H2,1-5H3,(H,33,34)/t15-,17-,19+,20-,21-,22?,24+,25+,26+,27+/m0/s1. The second-order valence-corrected chi connectivity index (χ2v) is 15.2. The summed E-state index contributed by atoms with van der Waals surface area (Å²) in [5.41, 5.74) is -4.40. The van der Waals surface area contributed by atoms with E-state index in [0.717, 1.165) is 0 Å². The molecule has 37 heavy (non-hydrogen) atoms. The zero-order valence-corrected chi connectivity index (χ0v) is 23.4. The first kappa shape index (κ1) is 27.9. The van der Waals surface area contributed by atoms with E-state index in [9.17, 15) is 34.7 Å². The molecule has 4 aliphatic carbocycles. The molecule has 10 heteroatoms. The van der Waals surface area contributed by atoms with Crippen molar-refractivity contribution in [3.8, 4) is 0 Å². The minimum Gasteiger partial charge on any atom is -0.390 e. The number of hydrogen-bond donors (Lipinski definition) is 5. The van der Waals surface area contributed by atoms with Gasteiger partial charge >= 0.3 is 7.82 Å². The van der Waals surface area contributed by atoms with Crippen molar-refractivity contribution in [1.82, 2.24) is 0 Å². The van der Waals surface area contributed by atoms with Gasteiger partial charge in [-0.2, -0.15) is 0 Å². The van der Waals surface area contributed by atoms with Gasteiger partial charge in [-0.25, -0.2) is 4.57 Å². The molecule has 2 unspecified atom stereocenters. The van der Waals surface area contributed by atoms with Crippen LogP contribution in [-0.4, -0.2) is 66.2 Å². The first-order chi connectivity index (χ1) is 16.8. The smallest absolute Gasteiger partial charge is 0.390 e. The molecule has 5 N–H and O–H groups in total. The van der Waals surface area contributed by atoms with E-state index in [0.29, 0.717) is 50.5 Å². The van der Waals surface area contributed by atoms with Gasteiger partial charge in [0, 0.05) is 11.3 Å². The lowest BCUT2D eigenvalue weighted by atomic mass is 9.45. The number of carbonyl (C=O) groups excluding carboxylic acids is 1. The SMILES string of the molecule is CC(C)(O)CCC(O)[C@](C)(O)[C@H]1CC[C@@]2(O)C3=CC(=O)[C@@H]4C[C@H]5OP(=O)(O)O[C@H]5C[C@]4(C)[C@H]3CC[C@]12C. The number of phosphoric acid groups is 1. The number of aliphatic hydroxyl groups is 4. The zero-order valence-electron chi connectivity index (χ0n) is 22.5. The number of ketones is 1. The Kier molecular flexibility index (Phi) is 6.36. The minimum atomic E-state index is -4.13. The summed E-state index contributed by atoms with van der Waals surface area (Å²) < 4.78 is 22.7. The largest absolute Gasteiger partial charge is 0.472 e. The van der Waals surface area contributed by atoms with Crippen LogP contribution in [0.1, 0.15) is 86.0 Å². The molecule has 1 heterocycles. The van der Waals surface area contributed by atoms with E-state index in [4.69, 9.17) is 9.05 Å². The molecule has 0 amide bonds. The molecule has 1 aliphatic heterocycles. The van der Waals surface area contributed by atoms with Gasteiger partial charge in [-0.05, 0) is 101 Å². The maximum absolute atomic E-state index is 13.5. The maximum atomic E-state index is 13.5. The molecule has 210 valence electrons. The summed E-state index contributed by atoms with van der Waals surface area (Å²) in [6, 6.07) is 0. The van der Waals surface area contributed by atoms with Crippen LogP contribution >= 0.6 is 7.82 Å². The first-order valence-corrected chi connectivity index (χ1v) is 15.1. The van der Waals surface area contributed by atoms with E-state index >= 15 is 0 Å².